The van der Waals surface area contributed by atoms with E-state index < -0.39 is 97.5 Å². The van der Waals surface area contributed by atoms with Gasteiger partial charge in [0, 0.05) is 25.7 Å². The van der Waals surface area contributed by atoms with E-state index in [2.05, 4.69) is 41.5 Å². The van der Waals surface area contributed by atoms with Crippen molar-refractivity contribution < 1.29 is 80.2 Å². The minimum atomic E-state index is -4.95. The van der Waals surface area contributed by atoms with E-state index in [-0.39, 0.29) is 25.7 Å². The van der Waals surface area contributed by atoms with Crippen LogP contribution in [0.4, 0.5) is 0 Å². The van der Waals surface area contributed by atoms with Gasteiger partial charge in [0.05, 0.1) is 26.4 Å². The van der Waals surface area contributed by atoms with E-state index in [0.717, 1.165) is 102 Å². The lowest BCUT2D eigenvalue weighted by Crippen LogP contribution is -2.30. The van der Waals surface area contributed by atoms with Crippen molar-refractivity contribution in [3.63, 3.8) is 0 Å². The summed E-state index contributed by atoms with van der Waals surface area (Å²) in [4.78, 5) is 72.7. The fourth-order valence-electron chi connectivity index (χ4n) is 11.3. The predicted molar refractivity (Wildman–Crippen MR) is 377 cm³/mol. The largest absolute Gasteiger partial charge is 0.472 e. The van der Waals surface area contributed by atoms with Gasteiger partial charge >= 0.3 is 39.5 Å². The van der Waals surface area contributed by atoms with Crippen LogP contribution in [0, 0.1) is 11.8 Å². The van der Waals surface area contributed by atoms with Gasteiger partial charge in [-0.25, -0.2) is 9.13 Å². The Labute approximate surface area is 568 Å². The zero-order chi connectivity index (χ0) is 68.6. The van der Waals surface area contributed by atoms with E-state index in [4.69, 9.17) is 37.0 Å². The third-order valence-corrected chi connectivity index (χ3v) is 19.1. The average Bonchev–Trinajstić information content (AvgIpc) is 3.54. The fourth-order valence-corrected chi connectivity index (χ4v) is 12.9. The van der Waals surface area contributed by atoms with Gasteiger partial charge in [-0.1, -0.05) is 330 Å². The van der Waals surface area contributed by atoms with Crippen LogP contribution in [0.15, 0.2) is 0 Å². The van der Waals surface area contributed by atoms with Gasteiger partial charge < -0.3 is 33.8 Å². The van der Waals surface area contributed by atoms with Crippen LogP contribution >= 0.6 is 15.6 Å². The van der Waals surface area contributed by atoms with Crippen molar-refractivity contribution in [3.8, 4) is 0 Å². The second-order valence-electron chi connectivity index (χ2n) is 27.6. The maximum Gasteiger partial charge on any atom is 0.472 e. The smallest absolute Gasteiger partial charge is 0.462 e. The molecule has 5 atom stereocenters. The second kappa shape index (κ2) is 66.0. The molecule has 0 spiro atoms. The van der Waals surface area contributed by atoms with Crippen LogP contribution in [0.3, 0.4) is 0 Å². The van der Waals surface area contributed by atoms with Crippen LogP contribution in [0.25, 0.3) is 0 Å². The van der Waals surface area contributed by atoms with E-state index in [1.165, 1.54) is 199 Å². The molecule has 0 fully saturated rings. The molecule has 0 heterocycles. The minimum absolute atomic E-state index is 0.106. The predicted octanol–water partition coefficient (Wildman–Crippen LogP) is 21.6. The summed E-state index contributed by atoms with van der Waals surface area (Å²) in [6.07, 6.45) is 52.6. The Morgan fingerprint density at radius 3 is 0.731 bits per heavy atom. The number of aliphatic hydroxyl groups is 1. The van der Waals surface area contributed by atoms with Gasteiger partial charge in [-0.3, -0.25) is 37.3 Å². The molecule has 0 saturated carbocycles. The molecule has 2 unspecified atom stereocenters. The number of phosphoric acid groups is 2. The summed E-state index contributed by atoms with van der Waals surface area (Å²) >= 11 is 0. The van der Waals surface area contributed by atoms with Gasteiger partial charge in [0.25, 0.3) is 0 Å². The Hall–Kier alpha value is -1.94. The molecule has 0 bridgehead atoms. The fraction of sp³-hybridized carbons (Fsp3) is 0.946. The summed E-state index contributed by atoms with van der Waals surface area (Å²) in [5.74, 6) is -0.603. The Morgan fingerprint density at radius 1 is 0.290 bits per heavy atom. The number of aliphatic hydroxyl groups excluding tert-OH is 1. The maximum atomic E-state index is 13.1. The van der Waals surface area contributed by atoms with Gasteiger partial charge in [-0.2, -0.15) is 0 Å². The summed E-state index contributed by atoms with van der Waals surface area (Å²) in [6, 6.07) is 0. The Kier molecular flexibility index (Phi) is 64.6. The topological polar surface area (TPSA) is 237 Å². The molecule has 0 aliphatic rings. The molecule has 0 radical (unpaired) electrons. The number of hydrogen-bond donors (Lipinski definition) is 3. The number of ether oxygens (including phenoxy) is 4. The quantitative estimate of drug-likeness (QED) is 0.0222. The normalized spacial score (nSPS) is 14.1. The molecule has 0 aliphatic carbocycles. The number of rotatable bonds is 73. The van der Waals surface area contributed by atoms with Crippen molar-refractivity contribution in [3.05, 3.63) is 0 Å². The van der Waals surface area contributed by atoms with Gasteiger partial charge in [0.15, 0.2) is 12.2 Å². The van der Waals surface area contributed by atoms with E-state index in [1.54, 1.807) is 0 Å². The van der Waals surface area contributed by atoms with E-state index in [0.29, 0.717) is 25.7 Å². The van der Waals surface area contributed by atoms with Crippen LogP contribution in [-0.2, 0) is 65.4 Å². The molecule has 3 N–H and O–H groups in total. The van der Waals surface area contributed by atoms with Crippen LogP contribution < -0.4 is 0 Å². The highest BCUT2D eigenvalue weighted by Gasteiger charge is 2.30. The zero-order valence-corrected chi connectivity index (χ0v) is 62.3. The molecule has 0 aromatic rings. The first-order valence-corrected chi connectivity index (χ1v) is 41.5. The van der Waals surface area contributed by atoms with E-state index >= 15 is 0 Å². The molecule has 0 rings (SSSR count). The van der Waals surface area contributed by atoms with Crippen molar-refractivity contribution in [2.45, 2.75) is 400 Å². The first-order valence-electron chi connectivity index (χ1n) is 38.5. The average molecular weight is 1370 g/mol. The van der Waals surface area contributed by atoms with Crippen molar-refractivity contribution in [2.24, 2.45) is 11.8 Å². The SMILES string of the molecule is CCCCCCCCCCCCCCCCC(=O)OC[C@H](COP(=O)(O)OC[C@@H](O)COP(=O)(O)OC[C@@H](COC(=O)CCCCCCCCCCCCCC)OC(=O)CCCCCCCCCCCC(C)C)OC(=O)CCCCCCCCCCCCCCC(C)C. The van der Waals surface area contributed by atoms with Gasteiger partial charge in [0.1, 0.15) is 19.3 Å². The maximum absolute atomic E-state index is 13.1. The van der Waals surface area contributed by atoms with Crippen LogP contribution in [0.5, 0.6) is 0 Å². The molecule has 17 nitrogen and oxygen atoms in total. The van der Waals surface area contributed by atoms with Gasteiger partial charge in [-0.15, -0.1) is 0 Å². The lowest BCUT2D eigenvalue weighted by atomic mass is 10.0. The Balaban J connectivity index is 5.26. The summed E-state index contributed by atoms with van der Waals surface area (Å²) < 4.78 is 68.5. The Morgan fingerprint density at radius 2 is 0.495 bits per heavy atom. The summed E-state index contributed by atoms with van der Waals surface area (Å²) in [5.41, 5.74) is 0. The van der Waals surface area contributed by atoms with Crippen LogP contribution in [0.2, 0.25) is 0 Å². The molecule has 0 amide bonds. The van der Waals surface area contributed by atoms with Crippen molar-refractivity contribution in [1.82, 2.24) is 0 Å². The minimum Gasteiger partial charge on any atom is -0.462 e. The highest BCUT2D eigenvalue weighted by Crippen LogP contribution is 2.45. The molecule has 0 aliphatic heterocycles. The summed E-state index contributed by atoms with van der Waals surface area (Å²) in [7, 11) is -9.91. The molecule has 0 aromatic heterocycles. The van der Waals surface area contributed by atoms with Crippen LogP contribution in [0.1, 0.15) is 382 Å². The lowest BCUT2D eigenvalue weighted by molar-refractivity contribution is -0.161. The van der Waals surface area contributed by atoms with Crippen molar-refractivity contribution in [1.29, 1.82) is 0 Å². The molecule has 0 aromatic carbocycles. The standard InChI is InChI=1S/C74H144O17P2/c1-7-9-11-13-15-17-19-21-22-27-33-39-45-51-57-72(77)85-62-69(90-73(78)58-52-46-40-34-28-24-23-25-30-36-42-48-54-66(3)4)64-88-92(80,81)86-60-68(75)61-87-93(82,83)89-65-70(91-74(79)59-53-47-41-35-29-31-37-43-49-55-67(5)6)63-84-71(76)56-50-44-38-32-26-20-18-16-14-12-10-8-2/h66-70,75H,7-65H2,1-6H3,(H,80,81)(H,82,83)/t68-,69-,70-/m1/s1. The third-order valence-electron chi connectivity index (χ3n) is 17.2. The molecule has 19 heteroatoms. The first-order chi connectivity index (χ1) is 44.9. The number of phosphoric ester groups is 2. The van der Waals surface area contributed by atoms with Crippen molar-refractivity contribution >= 4 is 39.5 Å². The Bertz CT molecular complexity index is 1800. The first kappa shape index (κ1) is 91.1. The second-order valence-corrected chi connectivity index (χ2v) is 30.5. The highest BCUT2D eigenvalue weighted by atomic mass is 31.2. The van der Waals surface area contributed by atoms with E-state index in [1.807, 2.05) is 0 Å². The monoisotopic (exact) mass is 1370 g/mol. The molecule has 0 saturated heterocycles. The summed E-state index contributed by atoms with van der Waals surface area (Å²) in [6.45, 7) is 9.57. The van der Waals surface area contributed by atoms with Gasteiger partial charge in [0.2, 0.25) is 0 Å². The highest BCUT2D eigenvalue weighted by molar-refractivity contribution is 7.47. The molecular formula is C74H144O17P2. The van der Waals surface area contributed by atoms with E-state index in [9.17, 15) is 43.2 Å². The number of carbonyl (C=O) groups is 4. The van der Waals surface area contributed by atoms with Gasteiger partial charge in [-0.05, 0) is 37.5 Å². The summed E-state index contributed by atoms with van der Waals surface area (Å²) in [5, 5.41) is 10.6. The molecule has 552 valence electrons. The number of esters is 4. The molecule has 93 heavy (non-hydrogen) atoms. The zero-order valence-electron chi connectivity index (χ0n) is 60.6. The number of hydrogen-bond acceptors (Lipinski definition) is 15. The number of carbonyl (C=O) groups excluding carboxylic acids is 4. The van der Waals surface area contributed by atoms with Crippen molar-refractivity contribution in [2.75, 3.05) is 39.6 Å². The molecular weight excluding hydrogens is 1220 g/mol. The van der Waals surface area contributed by atoms with Crippen LogP contribution in [-0.4, -0.2) is 96.7 Å². The lowest BCUT2D eigenvalue weighted by Gasteiger charge is -2.21. The third kappa shape index (κ3) is 68.4. The number of unbranched alkanes of at least 4 members (excludes halogenated alkanes) is 43.